The van der Waals surface area contributed by atoms with E-state index in [1.165, 1.54) is 12.8 Å². The smallest absolute Gasteiger partial charge is 0.142 e. The maximum Gasteiger partial charge on any atom is 0.142 e. The van der Waals surface area contributed by atoms with E-state index < -0.39 is 0 Å². The molecule has 1 N–H and O–H groups in total. The normalized spacial score (nSPS) is 32.0. The van der Waals surface area contributed by atoms with Crippen molar-refractivity contribution in [3.63, 3.8) is 0 Å². The van der Waals surface area contributed by atoms with Gasteiger partial charge in [-0.15, -0.1) is 0 Å². The zero-order valence-corrected chi connectivity index (χ0v) is 11.3. The summed E-state index contributed by atoms with van der Waals surface area (Å²) < 4.78 is 6.90. The van der Waals surface area contributed by atoms with Gasteiger partial charge in [-0.3, -0.25) is 0 Å². The van der Waals surface area contributed by atoms with Crippen molar-refractivity contribution in [3.8, 4) is 0 Å². The topological polar surface area (TPSA) is 47.0 Å². The van der Waals surface area contributed by atoms with Crippen LogP contribution in [-0.4, -0.2) is 29.2 Å². The van der Waals surface area contributed by atoms with E-state index in [-0.39, 0.29) is 0 Å². The summed E-state index contributed by atoms with van der Waals surface area (Å²) in [6.45, 7) is 0. The summed E-state index contributed by atoms with van der Waals surface area (Å²) in [6, 6.07) is 0. The Morgan fingerprint density at radius 3 is 3.00 bits per heavy atom. The number of fused-ring (bicyclic) bond motifs is 2. The SMILES string of the molecule is CNc1nc(C2CC3CCC2O3)ncc1I. The number of hydrogen-bond acceptors (Lipinski definition) is 4. The molecule has 3 rings (SSSR count). The number of anilines is 1. The van der Waals surface area contributed by atoms with Crippen LogP contribution in [0, 0.1) is 3.57 Å². The van der Waals surface area contributed by atoms with Crippen LogP contribution in [0.2, 0.25) is 0 Å². The van der Waals surface area contributed by atoms with Gasteiger partial charge in [-0.2, -0.15) is 0 Å². The van der Waals surface area contributed by atoms with Crippen LogP contribution in [0.4, 0.5) is 5.82 Å². The van der Waals surface area contributed by atoms with Gasteiger partial charge in [-0.05, 0) is 41.9 Å². The number of ether oxygens (including phenoxy) is 1. The third kappa shape index (κ3) is 1.69. The van der Waals surface area contributed by atoms with E-state index in [2.05, 4.69) is 37.9 Å². The Kier molecular flexibility index (Phi) is 2.75. The van der Waals surface area contributed by atoms with Crippen molar-refractivity contribution in [2.45, 2.75) is 37.4 Å². The molecule has 5 heteroatoms. The van der Waals surface area contributed by atoms with Crippen molar-refractivity contribution >= 4 is 28.4 Å². The zero-order valence-electron chi connectivity index (χ0n) is 9.11. The molecule has 3 atom stereocenters. The second-order valence-corrected chi connectivity index (χ2v) is 5.55. The summed E-state index contributed by atoms with van der Waals surface area (Å²) in [7, 11) is 1.89. The molecule has 2 fully saturated rings. The first-order valence-corrected chi connectivity index (χ1v) is 6.71. The van der Waals surface area contributed by atoms with Crippen LogP contribution in [0.15, 0.2) is 6.20 Å². The number of nitrogens with zero attached hydrogens (tertiary/aromatic N) is 2. The molecule has 0 aromatic carbocycles. The summed E-state index contributed by atoms with van der Waals surface area (Å²) in [5.74, 6) is 2.27. The molecule has 3 heterocycles. The average Bonchev–Trinajstić information content (AvgIpc) is 2.91. The molecule has 0 spiro atoms. The van der Waals surface area contributed by atoms with Crippen LogP contribution >= 0.6 is 22.6 Å². The third-order valence-corrected chi connectivity index (χ3v) is 4.23. The molecule has 2 saturated heterocycles. The van der Waals surface area contributed by atoms with Crippen molar-refractivity contribution in [2.75, 3.05) is 12.4 Å². The third-order valence-electron chi connectivity index (χ3n) is 3.44. The van der Waals surface area contributed by atoms with E-state index in [1.54, 1.807) is 0 Å². The lowest BCUT2D eigenvalue weighted by Gasteiger charge is -2.17. The fourth-order valence-corrected chi connectivity index (χ4v) is 3.17. The van der Waals surface area contributed by atoms with Crippen molar-refractivity contribution in [1.82, 2.24) is 9.97 Å². The number of hydrogen-bond donors (Lipinski definition) is 1. The highest BCUT2D eigenvalue weighted by Crippen LogP contribution is 2.43. The fourth-order valence-electron chi connectivity index (χ4n) is 2.64. The number of aromatic nitrogens is 2. The van der Waals surface area contributed by atoms with Gasteiger partial charge in [-0.25, -0.2) is 9.97 Å². The van der Waals surface area contributed by atoms with Gasteiger partial charge in [0.25, 0.3) is 0 Å². The first-order valence-electron chi connectivity index (χ1n) is 5.63. The van der Waals surface area contributed by atoms with E-state index in [4.69, 9.17) is 4.74 Å². The van der Waals surface area contributed by atoms with E-state index in [9.17, 15) is 0 Å². The molecule has 0 saturated carbocycles. The average molecular weight is 331 g/mol. The molecule has 3 unspecified atom stereocenters. The minimum absolute atomic E-state index is 0.356. The predicted molar refractivity (Wildman–Crippen MR) is 69.5 cm³/mol. The maximum atomic E-state index is 5.84. The first-order chi connectivity index (χ1) is 7.78. The van der Waals surface area contributed by atoms with Crippen LogP contribution in [-0.2, 0) is 4.74 Å². The molecule has 1 aromatic heterocycles. The van der Waals surface area contributed by atoms with Crippen LogP contribution < -0.4 is 5.32 Å². The van der Waals surface area contributed by atoms with Gasteiger partial charge < -0.3 is 10.1 Å². The Labute approximate surface area is 108 Å². The fraction of sp³-hybridized carbons (Fsp3) is 0.636. The van der Waals surface area contributed by atoms with Gasteiger partial charge >= 0.3 is 0 Å². The summed E-state index contributed by atoms with van der Waals surface area (Å²) in [5.41, 5.74) is 0. The molecular formula is C11H14IN3O. The van der Waals surface area contributed by atoms with Crippen LogP contribution in [0.3, 0.4) is 0 Å². The van der Waals surface area contributed by atoms with Crippen molar-refractivity contribution in [3.05, 3.63) is 15.6 Å². The second kappa shape index (κ2) is 4.10. The number of nitrogens with one attached hydrogen (secondary N) is 1. The molecule has 0 amide bonds. The predicted octanol–water partition coefficient (Wildman–Crippen LogP) is 2.16. The van der Waals surface area contributed by atoms with Gasteiger partial charge in [-0.1, -0.05) is 0 Å². The summed E-state index contributed by atoms with van der Waals surface area (Å²) in [4.78, 5) is 9.03. The van der Waals surface area contributed by atoms with Crippen LogP contribution in [0.5, 0.6) is 0 Å². The summed E-state index contributed by atoms with van der Waals surface area (Å²) >= 11 is 2.24. The molecule has 16 heavy (non-hydrogen) atoms. The first kappa shape index (κ1) is 10.7. The van der Waals surface area contributed by atoms with Gasteiger partial charge in [0.1, 0.15) is 11.6 Å². The Bertz CT molecular complexity index is 412. The van der Waals surface area contributed by atoms with Crippen LogP contribution in [0.1, 0.15) is 31.0 Å². The quantitative estimate of drug-likeness (QED) is 0.844. The Hall–Kier alpha value is -0.430. The van der Waals surface area contributed by atoms with E-state index >= 15 is 0 Å². The van der Waals surface area contributed by atoms with E-state index in [0.29, 0.717) is 18.1 Å². The molecule has 86 valence electrons. The van der Waals surface area contributed by atoms with E-state index in [1.807, 2.05) is 13.2 Å². The molecule has 0 radical (unpaired) electrons. The van der Waals surface area contributed by atoms with Crippen molar-refractivity contribution < 1.29 is 4.74 Å². The Balaban J connectivity index is 1.89. The molecule has 2 bridgehead atoms. The lowest BCUT2D eigenvalue weighted by Crippen LogP contribution is -2.17. The van der Waals surface area contributed by atoms with E-state index in [0.717, 1.165) is 21.6 Å². The lowest BCUT2D eigenvalue weighted by atomic mass is 9.88. The van der Waals surface area contributed by atoms with Gasteiger partial charge in [0.15, 0.2) is 0 Å². The van der Waals surface area contributed by atoms with Crippen LogP contribution in [0.25, 0.3) is 0 Å². The monoisotopic (exact) mass is 331 g/mol. The highest BCUT2D eigenvalue weighted by Gasteiger charge is 2.42. The number of halogens is 1. The molecule has 2 aliphatic rings. The molecule has 0 aliphatic carbocycles. The number of rotatable bonds is 2. The van der Waals surface area contributed by atoms with Crippen molar-refractivity contribution in [2.24, 2.45) is 0 Å². The largest absolute Gasteiger partial charge is 0.374 e. The van der Waals surface area contributed by atoms with Gasteiger partial charge in [0.05, 0.1) is 15.8 Å². The maximum absolute atomic E-state index is 5.84. The molecular weight excluding hydrogens is 317 g/mol. The highest BCUT2D eigenvalue weighted by molar-refractivity contribution is 14.1. The second-order valence-electron chi connectivity index (χ2n) is 4.39. The Morgan fingerprint density at radius 1 is 1.50 bits per heavy atom. The Morgan fingerprint density at radius 2 is 2.38 bits per heavy atom. The molecule has 2 aliphatic heterocycles. The molecule has 4 nitrogen and oxygen atoms in total. The minimum Gasteiger partial charge on any atom is -0.374 e. The summed E-state index contributed by atoms with van der Waals surface area (Å²) in [6.07, 6.45) is 6.17. The van der Waals surface area contributed by atoms with Gasteiger partial charge in [0, 0.05) is 19.2 Å². The summed E-state index contributed by atoms with van der Waals surface area (Å²) in [5, 5.41) is 3.10. The minimum atomic E-state index is 0.356. The standard InChI is InChI=1S/C11H14IN3O/c1-13-11-8(12)5-14-10(15-11)7-4-6-2-3-9(7)16-6/h5-7,9H,2-4H2,1H3,(H,13,14,15). The zero-order chi connectivity index (χ0) is 11.1. The highest BCUT2D eigenvalue weighted by atomic mass is 127. The molecule has 1 aromatic rings. The lowest BCUT2D eigenvalue weighted by molar-refractivity contribution is 0.0999. The van der Waals surface area contributed by atoms with Gasteiger partial charge in [0.2, 0.25) is 0 Å². The van der Waals surface area contributed by atoms with Crippen molar-refractivity contribution in [1.29, 1.82) is 0 Å².